The van der Waals surface area contributed by atoms with E-state index in [0.29, 0.717) is 0 Å². The fraction of sp³-hybridized carbons (Fsp3) is 0.750. The second-order valence-electron chi connectivity index (χ2n) is 3.12. The van der Waals surface area contributed by atoms with Crippen molar-refractivity contribution in [3.63, 3.8) is 0 Å². The van der Waals surface area contributed by atoms with Crippen LogP contribution in [-0.4, -0.2) is 43.7 Å². The lowest BCUT2D eigenvalue weighted by Crippen LogP contribution is -2.37. The number of aliphatic carboxylic acids is 1. The molecule has 0 aromatic carbocycles. The summed E-state index contributed by atoms with van der Waals surface area (Å²) in [6.45, 7) is 0.225. The van der Waals surface area contributed by atoms with Gasteiger partial charge in [-0.15, -0.1) is 0 Å². The molecule has 0 aromatic heterocycles. The van der Waals surface area contributed by atoms with Crippen molar-refractivity contribution in [2.45, 2.75) is 24.5 Å². The summed E-state index contributed by atoms with van der Waals surface area (Å²) in [5.41, 5.74) is 0. The van der Waals surface area contributed by atoms with Crippen LogP contribution in [0.3, 0.4) is 0 Å². The third-order valence-electron chi connectivity index (χ3n) is 1.83. The summed E-state index contributed by atoms with van der Waals surface area (Å²) >= 11 is 0. The Morgan fingerprint density at radius 2 is 1.94 bits per heavy atom. The monoisotopic (exact) mass is 252 g/mol. The van der Waals surface area contributed by atoms with Crippen molar-refractivity contribution < 1.29 is 32.4 Å². The van der Waals surface area contributed by atoms with Gasteiger partial charge in [0.1, 0.15) is 21.2 Å². The molecule has 0 N–H and O–H groups in total. The molecule has 16 heavy (non-hydrogen) atoms. The fourth-order valence-electron chi connectivity index (χ4n) is 1.08. The molecule has 0 aliphatic rings. The first-order chi connectivity index (χ1) is 7.29. The molecule has 0 amide bonds. The smallest absolute Gasteiger partial charge is 0.150 e. The van der Waals surface area contributed by atoms with Crippen LogP contribution in [-0.2, 0) is 24.4 Å². The van der Waals surface area contributed by atoms with Crippen LogP contribution < -0.4 is 5.11 Å². The van der Waals surface area contributed by atoms with Gasteiger partial charge < -0.3 is 19.2 Å². The van der Waals surface area contributed by atoms with Gasteiger partial charge in [-0.1, -0.05) is 0 Å². The Bertz CT molecular complexity index is 345. The van der Waals surface area contributed by atoms with E-state index in [1.165, 1.54) is 7.11 Å². The SMILES string of the molecule is COCCCC(=O)C(CC(=O)[O-])S(=O)(=O)[O-]. The highest BCUT2D eigenvalue weighted by Crippen LogP contribution is 2.09. The van der Waals surface area contributed by atoms with Crippen molar-refractivity contribution in [3.8, 4) is 0 Å². The van der Waals surface area contributed by atoms with Crippen LogP contribution in [0.1, 0.15) is 19.3 Å². The number of ether oxygens (including phenoxy) is 1. The molecule has 94 valence electrons. The molecule has 1 atom stereocenters. The topological polar surface area (TPSA) is 124 Å². The number of carboxylic acids is 1. The van der Waals surface area contributed by atoms with Crippen LogP contribution in [0.5, 0.6) is 0 Å². The lowest BCUT2D eigenvalue weighted by atomic mass is 10.1. The molecule has 0 aliphatic carbocycles. The number of rotatable bonds is 8. The average Bonchev–Trinajstić information content (AvgIpc) is 2.12. The van der Waals surface area contributed by atoms with E-state index in [4.69, 9.17) is 0 Å². The second-order valence-corrected chi connectivity index (χ2v) is 4.67. The summed E-state index contributed by atoms with van der Waals surface area (Å²) in [4.78, 5) is 21.5. The molecule has 0 saturated carbocycles. The standard InChI is InChI=1S/C8H14O7S/c1-15-4-2-3-6(9)7(5-8(10)11)16(12,13)14/h7H,2-5H2,1H3,(H,10,11)(H,12,13,14)/p-2. The maximum absolute atomic E-state index is 11.3. The van der Waals surface area contributed by atoms with Crippen LogP contribution in [0.15, 0.2) is 0 Å². The number of hydrogen-bond acceptors (Lipinski definition) is 7. The number of carbonyl (C=O) groups excluding carboxylic acids is 2. The normalized spacial score (nSPS) is 13.4. The molecule has 0 rings (SSSR count). The third kappa shape index (κ3) is 5.79. The number of ketones is 1. The Balaban J connectivity index is 4.52. The zero-order valence-electron chi connectivity index (χ0n) is 8.67. The predicted molar refractivity (Wildman–Crippen MR) is 49.2 cm³/mol. The van der Waals surface area contributed by atoms with Crippen molar-refractivity contribution in [2.75, 3.05) is 13.7 Å². The summed E-state index contributed by atoms with van der Waals surface area (Å²) in [6.07, 6.45) is -1.08. The lowest BCUT2D eigenvalue weighted by Gasteiger charge is -2.19. The minimum absolute atomic E-state index is 0.215. The summed E-state index contributed by atoms with van der Waals surface area (Å²) in [6, 6.07) is 0. The molecule has 1 unspecified atom stereocenters. The quantitative estimate of drug-likeness (QED) is 0.362. The Kier molecular flexibility index (Phi) is 6.16. The van der Waals surface area contributed by atoms with E-state index in [1.54, 1.807) is 0 Å². The van der Waals surface area contributed by atoms with Gasteiger partial charge in [-0.2, -0.15) is 0 Å². The van der Waals surface area contributed by atoms with Crippen LogP contribution >= 0.6 is 0 Å². The minimum atomic E-state index is -4.96. The van der Waals surface area contributed by atoms with Crippen LogP contribution in [0.4, 0.5) is 0 Å². The highest BCUT2D eigenvalue weighted by Gasteiger charge is 2.24. The van der Waals surface area contributed by atoms with E-state index in [-0.39, 0.29) is 19.4 Å². The number of methoxy groups -OCH3 is 1. The van der Waals surface area contributed by atoms with E-state index in [0.717, 1.165) is 0 Å². The molecule has 0 radical (unpaired) electrons. The van der Waals surface area contributed by atoms with E-state index in [2.05, 4.69) is 4.74 Å². The number of carboxylic acid groups (broad SMARTS) is 1. The van der Waals surface area contributed by atoms with Gasteiger partial charge in [0, 0.05) is 32.5 Å². The Hall–Kier alpha value is -0.990. The summed E-state index contributed by atoms with van der Waals surface area (Å²) in [5.74, 6) is -2.67. The lowest BCUT2D eigenvalue weighted by molar-refractivity contribution is -0.305. The van der Waals surface area contributed by atoms with Crippen LogP contribution in [0, 0.1) is 0 Å². The van der Waals surface area contributed by atoms with Gasteiger partial charge in [0.2, 0.25) is 0 Å². The van der Waals surface area contributed by atoms with Crippen molar-refractivity contribution in [1.82, 2.24) is 0 Å². The van der Waals surface area contributed by atoms with Gasteiger partial charge >= 0.3 is 0 Å². The van der Waals surface area contributed by atoms with Crippen molar-refractivity contribution in [2.24, 2.45) is 0 Å². The molecule has 0 bridgehead atoms. The summed E-state index contributed by atoms with van der Waals surface area (Å²) < 4.78 is 36.6. The van der Waals surface area contributed by atoms with Gasteiger partial charge in [-0.05, 0) is 6.42 Å². The average molecular weight is 252 g/mol. The maximum Gasteiger partial charge on any atom is 0.150 e. The van der Waals surface area contributed by atoms with Gasteiger partial charge in [0.15, 0.2) is 0 Å². The molecule has 0 saturated heterocycles. The first-order valence-electron chi connectivity index (χ1n) is 4.45. The maximum atomic E-state index is 11.3. The van der Waals surface area contributed by atoms with E-state index in [1.807, 2.05) is 0 Å². The molecule has 0 aromatic rings. The highest BCUT2D eigenvalue weighted by molar-refractivity contribution is 7.87. The molecule has 8 heteroatoms. The van der Waals surface area contributed by atoms with E-state index >= 15 is 0 Å². The van der Waals surface area contributed by atoms with Crippen LogP contribution in [0.25, 0.3) is 0 Å². The van der Waals surface area contributed by atoms with Crippen molar-refractivity contribution >= 4 is 21.9 Å². The largest absolute Gasteiger partial charge is 0.747 e. The first-order valence-corrected chi connectivity index (χ1v) is 5.92. The van der Waals surface area contributed by atoms with Crippen LogP contribution in [0.2, 0.25) is 0 Å². The number of hydrogen-bond donors (Lipinski definition) is 0. The molecule has 0 heterocycles. The third-order valence-corrected chi connectivity index (χ3v) is 2.96. The van der Waals surface area contributed by atoms with Gasteiger partial charge in [0.05, 0.1) is 0 Å². The minimum Gasteiger partial charge on any atom is -0.747 e. The van der Waals surface area contributed by atoms with Crippen molar-refractivity contribution in [1.29, 1.82) is 0 Å². The molecule has 0 fully saturated rings. The van der Waals surface area contributed by atoms with E-state index < -0.39 is 33.5 Å². The molecular weight excluding hydrogens is 240 g/mol. The molecular formula is C8H12O7S-2. The molecule has 0 spiro atoms. The second kappa shape index (κ2) is 6.56. The predicted octanol–water partition coefficient (Wildman–Crippen LogP) is -1.96. The Morgan fingerprint density at radius 3 is 2.31 bits per heavy atom. The van der Waals surface area contributed by atoms with Gasteiger partial charge in [0.25, 0.3) is 0 Å². The van der Waals surface area contributed by atoms with Crippen molar-refractivity contribution in [3.05, 3.63) is 0 Å². The fourth-order valence-corrected chi connectivity index (χ4v) is 1.86. The molecule has 7 nitrogen and oxygen atoms in total. The number of Topliss-reactive ketones (excluding diaryl/α,β-unsaturated/α-hetero) is 1. The summed E-state index contributed by atoms with van der Waals surface area (Å²) in [7, 11) is -3.56. The first kappa shape index (κ1) is 15.0. The van der Waals surface area contributed by atoms with Gasteiger partial charge in [-0.25, -0.2) is 8.42 Å². The Labute approximate surface area is 93.2 Å². The number of carbonyl (C=O) groups is 2. The summed E-state index contributed by atoms with van der Waals surface area (Å²) in [5, 5.41) is 8.14. The molecule has 0 aliphatic heterocycles. The highest BCUT2D eigenvalue weighted by atomic mass is 32.2. The van der Waals surface area contributed by atoms with E-state index in [9.17, 15) is 27.7 Å². The zero-order chi connectivity index (χ0) is 12.8. The van der Waals surface area contributed by atoms with Gasteiger partial charge in [-0.3, -0.25) is 4.79 Å². The Morgan fingerprint density at radius 1 is 1.38 bits per heavy atom. The zero-order valence-corrected chi connectivity index (χ0v) is 9.49.